The molecule has 0 aliphatic carbocycles. The van der Waals surface area contributed by atoms with Crippen LogP contribution in [0.15, 0.2) is 54.6 Å². The second kappa shape index (κ2) is 5.43. The van der Waals surface area contributed by atoms with Crippen LogP contribution >= 0.6 is 0 Å². The third kappa shape index (κ3) is 2.19. The molecule has 3 nitrogen and oxygen atoms in total. The van der Waals surface area contributed by atoms with Gasteiger partial charge in [0.1, 0.15) is 0 Å². The molecule has 0 radical (unpaired) electrons. The SMILES string of the molecule is COC(=O)C(C)(C)C(O)c1cc2cccc3ccc4cccc1c4c32. The minimum atomic E-state index is -1.04. The van der Waals surface area contributed by atoms with Crippen LogP contribution in [0.4, 0.5) is 0 Å². The van der Waals surface area contributed by atoms with Crippen molar-refractivity contribution in [2.24, 2.45) is 5.41 Å². The van der Waals surface area contributed by atoms with Crippen molar-refractivity contribution in [1.29, 1.82) is 0 Å². The number of carbonyl (C=O) groups is 1. The first-order chi connectivity index (χ1) is 11.9. The van der Waals surface area contributed by atoms with Gasteiger partial charge in [-0.3, -0.25) is 4.79 Å². The lowest BCUT2D eigenvalue weighted by atomic mass is 9.79. The van der Waals surface area contributed by atoms with Crippen LogP contribution in [0.5, 0.6) is 0 Å². The Bertz CT molecular complexity index is 1090. The molecular formula is C22H20O3. The van der Waals surface area contributed by atoms with E-state index < -0.39 is 17.5 Å². The van der Waals surface area contributed by atoms with Crippen LogP contribution in [-0.4, -0.2) is 18.2 Å². The molecule has 1 atom stereocenters. The Morgan fingerprint density at radius 3 is 2.24 bits per heavy atom. The van der Waals surface area contributed by atoms with Gasteiger partial charge in [-0.05, 0) is 57.8 Å². The zero-order valence-electron chi connectivity index (χ0n) is 14.5. The molecule has 4 rings (SSSR count). The number of aliphatic hydroxyl groups excluding tert-OH is 1. The van der Waals surface area contributed by atoms with Crippen molar-refractivity contribution in [2.45, 2.75) is 20.0 Å². The predicted molar refractivity (Wildman–Crippen MR) is 101 cm³/mol. The predicted octanol–water partition coefficient (Wildman–Crippen LogP) is 4.82. The quantitative estimate of drug-likeness (QED) is 0.432. The summed E-state index contributed by atoms with van der Waals surface area (Å²) in [6, 6.07) is 18.5. The summed E-state index contributed by atoms with van der Waals surface area (Å²) in [6.45, 7) is 3.43. The van der Waals surface area contributed by atoms with Gasteiger partial charge in [-0.1, -0.05) is 48.5 Å². The van der Waals surface area contributed by atoms with Crippen LogP contribution in [0.2, 0.25) is 0 Å². The highest BCUT2D eigenvalue weighted by Crippen LogP contribution is 2.42. The molecular weight excluding hydrogens is 312 g/mol. The fourth-order valence-electron chi connectivity index (χ4n) is 3.78. The van der Waals surface area contributed by atoms with E-state index in [1.54, 1.807) is 13.8 Å². The Balaban J connectivity index is 2.09. The van der Waals surface area contributed by atoms with Gasteiger partial charge in [-0.25, -0.2) is 0 Å². The standard InChI is InChI=1S/C22H20O3/c1-22(2,21(24)25-3)20(23)17-12-15-8-4-6-13-10-11-14-7-5-9-16(17)19(14)18(13)15/h4-12,20,23H,1-3H3. The van der Waals surface area contributed by atoms with Gasteiger partial charge in [0.25, 0.3) is 0 Å². The van der Waals surface area contributed by atoms with E-state index in [4.69, 9.17) is 4.74 Å². The second-order valence-corrected chi connectivity index (χ2v) is 7.13. The molecule has 1 N–H and O–H groups in total. The number of ether oxygens (including phenoxy) is 1. The van der Waals surface area contributed by atoms with Crippen molar-refractivity contribution in [3.63, 3.8) is 0 Å². The summed E-state index contributed by atoms with van der Waals surface area (Å²) < 4.78 is 4.90. The molecule has 25 heavy (non-hydrogen) atoms. The van der Waals surface area contributed by atoms with Crippen LogP contribution in [0.3, 0.4) is 0 Å². The van der Waals surface area contributed by atoms with E-state index in [0.29, 0.717) is 0 Å². The number of hydrogen-bond donors (Lipinski definition) is 1. The molecule has 0 amide bonds. The summed E-state index contributed by atoms with van der Waals surface area (Å²) in [5, 5.41) is 17.7. The number of hydrogen-bond acceptors (Lipinski definition) is 3. The molecule has 0 saturated heterocycles. The number of rotatable bonds is 3. The monoisotopic (exact) mass is 332 g/mol. The van der Waals surface area contributed by atoms with Crippen LogP contribution in [0, 0.1) is 5.41 Å². The maximum absolute atomic E-state index is 12.2. The summed E-state index contributed by atoms with van der Waals surface area (Å²) in [5.74, 6) is -0.426. The molecule has 126 valence electrons. The zero-order valence-corrected chi connectivity index (χ0v) is 14.5. The molecule has 0 heterocycles. The number of methoxy groups -OCH3 is 1. The second-order valence-electron chi connectivity index (χ2n) is 7.13. The van der Waals surface area contributed by atoms with E-state index in [2.05, 4.69) is 30.3 Å². The maximum Gasteiger partial charge on any atom is 0.314 e. The topological polar surface area (TPSA) is 46.5 Å². The minimum absolute atomic E-state index is 0.426. The van der Waals surface area contributed by atoms with Crippen LogP contribution in [0.1, 0.15) is 25.5 Å². The highest BCUT2D eigenvalue weighted by Gasteiger charge is 2.38. The first-order valence-electron chi connectivity index (χ1n) is 8.38. The largest absolute Gasteiger partial charge is 0.469 e. The average molecular weight is 332 g/mol. The van der Waals surface area contributed by atoms with E-state index in [1.165, 1.54) is 17.9 Å². The molecule has 3 heteroatoms. The van der Waals surface area contributed by atoms with Crippen molar-refractivity contribution >= 4 is 38.3 Å². The number of carbonyl (C=O) groups excluding carboxylic acids is 1. The van der Waals surface area contributed by atoms with E-state index in [0.717, 1.165) is 27.1 Å². The average Bonchev–Trinajstić information content (AvgIpc) is 2.64. The third-order valence-corrected chi connectivity index (χ3v) is 5.23. The number of esters is 1. The number of benzene rings is 4. The van der Waals surface area contributed by atoms with Crippen molar-refractivity contribution in [2.75, 3.05) is 7.11 Å². The van der Waals surface area contributed by atoms with E-state index in [1.807, 2.05) is 24.3 Å². The van der Waals surface area contributed by atoms with Gasteiger partial charge in [0.15, 0.2) is 0 Å². The molecule has 0 fully saturated rings. The van der Waals surface area contributed by atoms with Gasteiger partial charge in [-0.15, -0.1) is 0 Å². The molecule has 0 aliphatic rings. The van der Waals surface area contributed by atoms with Crippen LogP contribution < -0.4 is 0 Å². The molecule has 0 aromatic heterocycles. The molecule has 0 bridgehead atoms. The molecule has 0 spiro atoms. The van der Waals surface area contributed by atoms with Crippen molar-refractivity contribution < 1.29 is 14.6 Å². The Kier molecular flexibility index (Phi) is 3.44. The van der Waals surface area contributed by atoms with E-state index in [9.17, 15) is 9.90 Å². The molecule has 1 unspecified atom stereocenters. The van der Waals surface area contributed by atoms with Crippen LogP contribution in [-0.2, 0) is 9.53 Å². The van der Waals surface area contributed by atoms with E-state index in [-0.39, 0.29) is 0 Å². The van der Waals surface area contributed by atoms with Crippen LogP contribution in [0.25, 0.3) is 32.3 Å². The zero-order chi connectivity index (χ0) is 17.8. The van der Waals surface area contributed by atoms with Crippen molar-refractivity contribution in [3.05, 3.63) is 60.2 Å². The van der Waals surface area contributed by atoms with Gasteiger partial charge in [0.2, 0.25) is 0 Å². The van der Waals surface area contributed by atoms with Gasteiger partial charge < -0.3 is 9.84 Å². The summed E-state index contributed by atoms with van der Waals surface area (Å²) in [4.78, 5) is 12.2. The molecule has 0 aliphatic heterocycles. The highest BCUT2D eigenvalue weighted by molar-refractivity contribution is 6.23. The van der Waals surface area contributed by atoms with Crippen molar-refractivity contribution in [3.8, 4) is 0 Å². The Morgan fingerprint density at radius 1 is 0.960 bits per heavy atom. The lowest BCUT2D eigenvalue weighted by Crippen LogP contribution is -2.32. The third-order valence-electron chi connectivity index (χ3n) is 5.23. The van der Waals surface area contributed by atoms with Gasteiger partial charge in [0, 0.05) is 0 Å². The van der Waals surface area contributed by atoms with Gasteiger partial charge in [-0.2, -0.15) is 0 Å². The first kappa shape index (κ1) is 15.9. The fourth-order valence-corrected chi connectivity index (χ4v) is 3.78. The number of aliphatic hydroxyl groups is 1. The van der Waals surface area contributed by atoms with Gasteiger partial charge in [0.05, 0.1) is 18.6 Å². The Morgan fingerprint density at radius 2 is 1.56 bits per heavy atom. The summed E-state index contributed by atoms with van der Waals surface area (Å²) in [6.07, 6.45) is -0.964. The van der Waals surface area contributed by atoms with Crippen molar-refractivity contribution in [1.82, 2.24) is 0 Å². The first-order valence-corrected chi connectivity index (χ1v) is 8.38. The summed E-state index contributed by atoms with van der Waals surface area (Å²) in [7, 11) is 1.35. The summed E-state index contributed by atoms with van der Waals surface area (Å²) >= 11 is 0. The lowest BCUT2D eigenvalue weighted by molar-refractivity contribution is -0.157. The minimum Gasteiger partial charge on any atom is -0.469 e. The highest BCUT2D eigenvalue weighted by atomic mass is 16.5. The Hall–Kier alpha value is -2.65. The lowest BCUT2D eigenvalue weighted by Gasteiger charge is -2.29. The Labute approximate surface area is 146 Å². The van der Waals surface area contributed by atoms with Gasteiger partial charge >= 0.3 is 5.97 Å². The maximum atomic E-state index is 12.2. The molecule has 4 aromatic carbocycles. The normalized spacial score (nSPS) is 13.6. The fraction of sp³-hybridized carbons (Fsp3) is 0.227. The molecule has 4 aromatic rings. The van der Waals surface area contributed by atoms with E-state index >= 15 is 0 Å². The smallest absolute Gasteiger partial charge is 0.314 e. The summed E-state index contributed by atoms with van der Waals surface area (Å²) in [5.41, 5.74) is -0.282. The molecule has 0 saturated carbocycles.